The molecule has 0 saturated carbocycles. The van der Waals surface area contributed by atoms with E-state index in [0.717, 1.165) is 31.4 Å². The van der Waals surface area contributed by atoms with Gasteiger partial charge in [0, 0.05) is 6.54 Å². The first-order valence-corrected chi connectivity index (χ1v) is 7.34. The minimum Gasteiger partial charge on any atom is -0.351 e. The molecule has 0 spiro atoms. The van der Waals surface area contributed by atoms with Gasteiger partial charge in [-0.25, -0.2) is 4.39 Å². The molecule has 0 radical (unpaired) electrons. The lowest BCUT2D eigenvalue weighted by molar-refractivity contribution is -0.123. The molecule has 3 nitrogen and oxygen atoms in total. The average Bonchev–Trinajstić information content (AvgIpc) is 2.71. The van der Waals surface area contributed by atoms with Crippen molar-refractivity contribution >= 4 is 5.91 Å². The first-order valence-electron chi connectivity index (χ1n) is 7.34. The molecular weight excluding hydrogens is 255 g/mol. The third kappa shape index (κ3) is 3.79. The molecule has 0 aliphatic carbocycles. The van der Waals surface area contributed by atoms with Crippen LogP contribution < -0.4 is 10.6 Å². The summed E-state index contributed by atoms with van der Waals surface area (Å²) < 4.78 is 13.5. The average molecular weight is 278 g/mol. The van der Waals surface area contributed by atoms with Gasteiger partial charge in [-0.3, -0.25) is 4.79 Å². The van der Waals surface area contributed by atoms with Crippen LogP contribution in [0.25, 0.3) is 0 Å². The fraction of sp³-hybridized carbons (Fsp3) is 0.562. The van der Waals surface area contributed by atoms with E-state index in [4.69, 9.17) is 0 Å². The zero-order chi connectivity index (χ0) is 14.5. The number of rotatable bonds is 3. The van der Waals surface area contributed by atoms with Crippen LogP contribution in [0.1, 0.15) is 42.4 Å². The molecule has 1 saturated heterocycles. The Labute approximate surface area is 120 Å². The number of halogens is 1. The SMILES string of the molecule is Cc1cc(CNC(=O)C2CCCCCN2)cc(C)c1F. The third-order valence-corrected chi connectivity index (χ3v) is 3.84. The van der Waals surface area contributed by atoms with Crippen LogP contribution in [-0.4, -0.2) is 18.5 Å². The van der Waals surface area contributed by atoms with Crippen LogP contribution in [0.5, 0.6) is 0 Å². The van der Waals surface area contributed by atoms with Gasteiger partial charge in [-0.2, -0.15) is 0 Å². The van der Waals surface area contributed by atoms with E-state index < -0.39 is 0 Å². The summed E-state index contributed by atoms with van der Waals surface area (Å²) in [5.41, 5.74) is 2.20. The molecular formula is C16H23FN2O. The number of carbonyl (C=O) groups excluding carboxylic acids is 1. The number of amides is 1. The molecule has 2 rings (SSSR count). The monoisotopic (exact) mass is 278 g/mol. The molecule has 1 fully saturated rings. The molecule has 1 aromatic carbocycles. The van der Waals surface area contributed by atoms with Gasteiger partial charge in [0.05, 0.1) is 6.04 Å². The van der Waals surface area contributed by atoms with Crippen LogP contribution in [0.15, 0.2) is 12.1 Å². The maximum Gasteiger partial charge on any atom is 0.237 e. The highest BCUT2D eigenvalue weighted by atomic mass is 19.1. The van der Waals surface area contributed by atoms with Crippen LogP contribution in [0.3, 0.4) is 0 Å². The Bertz CT molecular complexity index is 456. The Morgan fingerprint density at radius 3 is 2.70 bits per heavy atom. The lowest BCUT2D eigenvalue weighted by Crippen LogP contribution is -2.43. The Morgan fingerprint density at radius 1 is 1.30 bits per heavy atom. The second-order valence-corrected chi connectivity index (χ2v) is 5.62. The molecule has 1 aromatic rings. The number of carbonyl (C=O) groups is 1. The maximum atomic E-state index is 13.5. The smallest absolute Gasteiger partial charge is 0.237 e. The van der Waals surface area contributed by atoms with Crippen LogP contribution in [0.2, 0.25) is 0 Å². The van der Waals surface area contributed by atoms with E-state index in [1.807, 2.05) is 0 Å². The third-order valence-electron chi connectivity index (χ3n) is 3.84. The lowest BCUT2D eigenvalue weighted by Gasteiger charge is -2.16. The summed E-state index contributed by atoms with van der Waals surface area (Å²) in [6, 6.07) is 3.51. The first-order chi connectivity index (χ1) is 9.58. The van der Waals surface area contributed by atoms with E-state index in [0.29, 0.717) is 17.7 Å². The topological polar surface area (TPSA) is 41.1 Å². The van der Waals surface area contributed by atoms with E-state index in [9.17, 15) is 9.18 Å². The number of benzene rings is 1. The van der Waals surface area contributed by atoms with Crippen molar-refractivity contribution in [2.75, 3.05) is 6.54 Å². The molecule has 0 bridgehead atoms. The number of hydrogen-bond acceptors (Lipinski definition) is 2. The summed E-state index contributed by atoms with van der Waals surface area (Å²) in [7, 11) is 0. The number of aryl methyl sites for hydroxylation is 2. The highest BCUT2D eigenvalue weighted by Crippen LogP contribution is 2.15. The van der Waals surface area contributed by atoms with Gasteiger partial charge < -0.3 is 10.6 Å². The van der Waals surface area contributed by atoms with Crippen molar-refractivity contribution in [2.45, 2.75) is 52.1 Å². The molecule has 4 heteroatoms. The van der Waals surface area contributed by atoms with Gasteiger partial charge in [0.2, 0.25) is 5.91 Å². The Balaban J connectivity index is 1.92. The highest BCUT2D eigenvalue weighted by molar-refractivity contribution is 5.81. The van der Waals surface area contributed by atoms with Crippen LogP contribution in [0, 0.1) is 19.7 Å². The van der Waals surface area contributed by atoms with E-state index in [1.165, 1.54) is 6.42 Å². The molecule has 110 valence electrons. The molecule has 1 aliphatic heterocycles. The van der Waals surface area contributed by atoms with Gasteiger partial charge in [0.15, 0.2) is 0 Å². The summed E-state index contributed by atoms with van der Waals surface area (Å²) in [4.78, 5) is 12.1. The van der Waals surface area contributed by atoms with Gasteiger partial charge in [-0.05, 0) is 49.9 Å². The standard InChI is InChI=1S/C16H23FN2O/c1-11-8-13(9-12(2)15(11)17)10-19-16(20)14-6-4-3-5-7-18-14/h8-9,14,18H,3-7,10H2,1-2H3,(H,19,20). The normalized spacial score (nSPS) is 19.4. The summed E-state index contributed by atoms with van der Waals surface area (Å²) in [6.07, 6.45) is 4.32. The minimum atomic E-state index is -0.162. The Morgan fingerprint density at radius 2 is 2.00 bits per heavy atom. The van der Waals surface area contributed by atoms with Crippen molar-refractivity contribution in [3.05, 3.63) is 34.6 Å². The second kappa shape index (κ2) is 6.84. The Hall–Kier alpha value is -1.42. The highest BCUT2D eigenvalue weighted by Gasteiger charge is 2.19. The molecule has 1 heterocycles. The predicted molar refractivity (Wildman–Crippen MR) is 78.0 cm³/mol. The minimum absolute atomic E-state index is 0.0477. The van der Waals surface area contributed by atoms with Gasteiger partial charge in [-0.15, -0.1) is 0 Å². The molecule has 1 aliphatic rings. The van der Waals surface area contributed by atoms with Crippen molar-refractivity contribution in [3.8, 4) is 0 Å². The molecule has 1 unspecified atom stereocenters. The fourth-order valence-electron chi connectivity index (χ4n) is 2.70. The van der Waals surface area contributed by atoms with Crippen molar-refractivity contribution in [1.82, 2.24) is 10.6 Å². The van der Waals surface area contributed by atoms with Gasteiger partial charge in [-0.1, -0.05) is 25.0 Å². The van der Waals surface area contributed by atoms with Crippen molar-refractivity contribution in [1.29, 1.82) is 0 Å². The first kappa shape index (κ1) is 15.0. The van der Waals surface area contributed by atoms with E-state index in [1.54, 1.807) is 26.0 Å². The van der Waals surface area contributed by atoms with E-state index >= 15 is 0 Å². The van der Waals surface area contributed by atoms with E-state index in [2.05, 4.69) is 10.6 Å². The van der Waals surface area contributed by atoms with Crippen molar-refractivity contribution < 1.29 is 9.18 Å². The quantitative estimate of drug-likeness (QED) is 0.892. The van der Waals surface area contributed by atoms with Gasteiger partial charge in [0.1, 0.15) is 5.82 Å². The Kier molecular flexibility index (Phi) is 5.12. The van der Waals surface area contributed by atoms with Crippen molar-refractivity contribution in [3.63, 3.8) is 0 Å². The van der Waals surface area contributed by atoms with Gasteiger partial charge >= 0.3 is 0 Å². The fourth-order valence-corrected chi connectivity index (χ4v) is 2.70. The summed E-state index contributed by atoms with van der Waals surface area (Å²) in [5, 5.41) is 6.22. The molecule has 1 atom stereocenters. The zero-order valence-corrected chi connectivity index (χ0v) is 12.3. The maximum absolute atomic E-state index is 13.5. The van der Waals surface area contributed by atoms with Crippen LogP contribution in [0.4, 0.5) is 4.39 Å². The summed E-state index contributed by atoms with van der Waals surface area (Å²) in [5.74, 6) is -0.114. The second-order valence-electron chi connectivity index (χ2n) is 5.62. The number of nitrogens with one attached hydrogen (secondary N) is 2. The lowest BCUT2D eigenvalue weighted by atomic mass is 10.1. The number of hydrogen-bond donors (Lipinski definition) is 2. The van der Waals surface area contributed by atoms with Crippen LogP contribution in [-0.2, 0) is 11.3 Å². The molecule has 20 heavy (non-hydrogen) atoms. The summed E-state index contributed by atoms with van der Waals surface area (Å²) in [6.45, 7) is 4.87. The van der Waals surface area contributed by atoms with Gasteiger partial charge in [0.25, 0.3) is 0 Å². The predicted octanol–water partition coefficient (Wildman–Crippen LogP) is 2.59. The summed E-state index contributed by atoms with van der Waals surface area (Å²) >= 11 is 0. The largest absolute Gasteiger partial charge is 0.351 e. The van der Waals surface area contributed by atoms with Crippen LogP contribution >= 0.6 is 0 Å². The van der Waals surface area contributed by atoms with Crippen molar-refractivity contribution in [2.24, 2.45) is 0 Å². The zero-order valence-electron chi connectivity index (χ0n) is 12.3. The molecule has 2 N–H and O–H groups in total. The van der Waals surface area contributed by atoms with E-state index in [-0.39, 0.29) is 17.8 Å². The molecule has 0 aromatic heterocycles. The molecule has 1 amide bonds.